The SMILES string of the molecule is CS(=O)(=O)NC1CCCN(C(=O)c2ccc(N)c(Cl)c2)C1. The minimum Gasteiger partial charge on any atom is -0.398 e. The van der Waals surface area contributed by atoms with Gasteiger partial charge >= 0.3 is 0 Å². The van der Waals surface area contributed by atoms with Gasteiger partial charge < -0.3 is 10.6 Å². The van der Waals surface area contributed by atoms with Crippen LogP contribution >= 0.6 is 11.6 Å². The molecule has 1 saturated heterocycles. The summed E-state index contributed by atoms with van der Waals surface area (Å²) in [6, 6.07) is 4.50. The molecule has 8 heteroatoms. The molecule has 1 unspecified atom stereocenters. The Morgan fingerprint density at radius 2 is 2.19 bits per heavy atom. The van der Waals surface area contributed by atoms with Gasteiger partial charge in [0.2, 0.25) is 10.0 Å². The number of hydrogen-bond acceptors (Lipinski definition) is 4. The molecule has 21 heavy (non-hydrogen) atoms. The Bertz CT molecular complexity index is 648. The van der Waals surface area contributed by atoms with E-state index in [4.69, 9.17) is 17.3 Å². The van der Waals surface area contributed by atoms with Gasteiger partial charge in [0.05, 0.1) is 17.0 Å². The van der Waals surface area contributed by atoms with Crippen LogP contribution in [0.3, 0.4) is 0 Å². The average Bonchev–Trinajstić information content (AvgIpc) is 2.39. The highest BCUT2D eigenvalue weighted by Gasteiger charge is 2.26. The van der Waals surface area contributed by atoms with Crippen LogP contribution in [0.25, 0.3) is 0 Å². The van der Waals surface area contributed by atoms with Crippen LogP contribution in [-0.2, 0) is 10.0 Å². The van der Waals surface area contributed by atoms with Crippen LogP contribution in [0, 0.1) is 0 Å². The van der Waals surface area contributed by atoms with Crippen molar-refractivity contribution in [2.24, 2.45) is 0 Å². The third-order valence-corrected chi connectivity index (χ3v) is 4.43. The van der Waals surface area contributed by atoms with Crippen molar-refractivity contribution in [3.8, 4) is 0 Å². The number of likely N-dealkylation sites (tertiary alicyclic amines) is 1. The van der Waals surface area contributed by atoms with E-state index in [0.29, 0.717) is 29.4 Å². The van der Waals surface area contributed by atoms with Crippen LogP contribution in [0.1, 0.15) is 23.2 Å². The van der Waals surface area contributed by atoms with E-state index in [9.17, 15) is 13.2 Å². The van der Waals surface area contributed by atoms with Gasteiger partial charge in [-0.15, -0.1) is 0 Å². The van der Waals surface area contributed by atoms with Crippen molar-refractivity contribution in [2.45, 2.75) is 18.9 Å². The van der Waals surface area contributed by atoms with Gasteiger partial charge in [-0.05, 0) is 31.0 Å². The number of hydrogen-bond donors (Lipinski definition) is 2. The van der Waals surface area contributed by atoms with E-state index in [-0.39, 0.29) is 11.9 Å². The number of anilines is 1. The lowest BCUT2D eigenvalue weighted by Crippen LogP contribution is -2.49. The first-order chi connectivity index (χ1) is 9.76. The van der Waals surface area contributed by atoms with Crippen LogP contribution in [0.2, 0.25) is 5.02 Å². The fourth-order valence-electron chi connectivity index (χ4n) is 2.40. The first-order valence-corrected chi connectivity index (χ1v) is 8.85. The molecule has 0 bridgehead atoms. The maximum Gasteiger partial charge on any atom is 0.253 e. The monoisotopic (exact) mass is 331 g/mol. The zero-order chi connectivity index (χ0) is 15.6. The molecule has 0 saturated carbocycles. The van der Waals surface area contributed by atoms with E-state index < -0.39 is 10.0 Å². The molecule has 1 heterocycles. The number of nitrogen functional groups attached to an aromatic ring is 1. The number of carbonyl (C=O) groups excluding carboxylic acids is 1. The summed E-state index contributed by atoms with van der Waals surface area (Å²) < 4.78 is 25.1. The molecule has 1 amide bonds. The Balaban J connectivity index is 2.10. The molecule has 0 radical (unpaired) electrons. The number of amides is 1. The lowest BCUT2D eigenvalue weighted by atomic mass is 10.1. The third-order valence-electron chi connectivity index (χ3n) is 3.34. The van der Waals surface area contributed by atoms with Gasteiger partial charge in [-0.25, -0.2) is 13.1 Å². The van der Waals surface area contributed by atoms with Crippen molar-refractivity contribution >= 4 is 33.2 Å². The lowest BCUT2D eigenvalue weighted by molar-refractivity contribution is 0.0703. The smallest absolute Gasteiger partial charge is 0.253 e. The van der Waals surface area contributed by atoms with Crippen LogP contribution in [0.15, 0.2) is 18.2 Å². The predicted molar refractivity (Wildman–Crippen MR) is 82.8 cm³/mol. The molecule has 1 aromatic rings. The standard InChI is InChI=1S/C13H18ClN3O3S/c1-21(19,20)16-10-3-2-6-17(8-10)13(18)9-4-5-12(15)11(14)7-9/h4-5,7,10,16H,2-3,6,8,15H2,1H3. The number of piperidine rings is 1. The van der Waals surface area contributed by atoms with Gasteiger partial charge in [-0.3, -0.25) is 4.79 Å². The predicted octanol–water partition coefficient (Wildman–Crippen LogP) is 1.08. The molecule has 0 aromatic heterocycles. The third kappa shape index (κ3) is 4.33. The molecule has 0 aliphatic carbocycles. The van der Waals surface area contributed by atoms with Crippen molar-refractivity contribution in [2.75, 3.05) is 25.1 Å². The van der Waals surface area contributed by atoms with Crippen molar-refractivity contribution < 1.29 is 13.2 Å². The van der Waals surface area contributed by atoms with E-state index in [2.05, 4.69) is 4.72 Å². The number of nitrogens with one attached hydrogen (secondary N) is 1. The second-order valence-corrected chi connectivity index (χ2v) is 7.40. The molecule has 0 spiro atoms. The van der Waals surface area contributed by atoms with E-state index in [0.717, 1.165) is 19.1 Å². The fourth-order valence-corrected chi connectivity index (χ4v) is 3.38. The molecule has 2 rings (SSSR count). The van der Waals surface area contributed by atoms with Gasteiger partial charge in [0.15, 0.2) is 0 Å². The van der Waals surface area contributed by atoms with Crippen molar-refractivity contribution in [1.82, 2.24) is 9.62 Å². The van der Waals surface area contributed by atoms with Gasteiger partial charge in [-0.1, -0.05) is 11.6 Å². The van der Waals surface area contributed by atoms with Crippen LogP contribution < -0.4 is 10.5 Å². The number of nitrogens with zero attached hydrogens (tertiary/aromatic N) is 1. The molecule has 1 atom stereocenters. The highest BCUT2D eigenvalue weighted by atomic mass is 35.5. The van der Waals surface area contributed by atoms with Crippen LogP contribution in [0.4, 0.5) is 5.69 Å². The molecule has 3 N–H and O–H groups in total. The zero-order valence-electron chi connectivity index (χ0n) is 11.7. The number of rotatable bonds is 3. The molecule has 1 fully saturated rings. The molecular weight excluding hydrogens is 314 g/mol. The second-order valence-electron chi connectivity index (χ2n) is 5.22. The summed E-state index contributed by atoms with van der Waals surface area (Å²) in [5, 5.41) is 0.337. The maximum atomic E-state index is 12.4. The summed E-state index contributed by atoms with van der Waals surface area (Å²) in [6.45, 7) is 0.955. The normalized spacial score (nSPS) is 19.5. The molecular formula is C13H18ClN3O3S. The minimum atomic E-state index is -3.28. The maximum absolute atomic E-state index is 12.4. The molecule has 116 valence electrons. The van der Waals surface area contributed by atoms with E-state index >= 15 is 0 Å². The first kappa shape index (κ1) is 16.1. The first-order valence-electron chi connectivity index (χ1n) is 6.58. The average molecular weight is 332 g/mol. The summed E-state index contributed by atoms with van der Waals surface area (Å²) in [4.78, 5) is 14.1. The number of halogens is 1. The Morgan fingerprint density at radius 3 is 2.81 bits per heavy atom. The fraction of sp³-hybridized carbons (Fsp3) is 0.462. The Morgan fingerprint density at radius 1 is 1.48 bits per heavy atom. The van der Waals surface area contributed by atoms with Crippen molar-refractivity contribution in [1.29, 1.82) is 0 Å². The van der Waals surface area contributed by atoms with Crippen molar-refractivity contribution in [3.05, 3.63) is 28.8 Å². The van der Waals surface area contributed by atoms with Crippen LogP contribution in [0.5, 0.6) is 0 Å². The van der Waals surface area contributed by atoms with E-state index in [1.807, 2.05) is 0 Å². The summed E-state index contributed by atoms with van der Waals surface area (Å²) >= 11 is 5.93. The highest BCUT2D eigenvalue weighted by Crippen LogP contribution is 2.22. The Kier molecular flexibility index (Phi) is 4.75. The summed E-state index contributed by atoms with van der Waals surface area (Å²) in [5.41, 5.74) is 6.50. The van der Waals surface area contributed by atoms with E-state index in [1.54, 1.807) is 17.0 Å². The number of carbonyl (C=O) groups is 1. The largest absolute Gasteiger partial charge is 0.398 e. The highest BCUT2D eigenvalue weighted by molar-refractivity contribution is 7.88. The second kappa shape index (κ2) is 6.21. The Labute approximate surface area is 129 Å². The van der Waals surface area contributed by atoms with Crippen LogP contribution in [-0.4, -0.2) is 44.6 Å². The molecule has 1 aliphatic rings. The molecule has 6 nitrogen and oxygen atoms in total. The summed E-state index contributed by atoms with van der Waals surface area (Å²) in [6.07, 6.45) is 2.59. The quantitative estimate of drug-likeness (QED) is 0.810. The summed E-state index contributed by atoms with van der Waals surface area (Å²) in [7, 11) is -3.28. The number of benzene rings is 1. The van der Waals surface area contributed by atoms with Gasteiger partial charge in [0, 0.05) is 24.7 Å². The van der Waals surface area contributed by atoms with Crippen molar-refractivity contribution in [3.63, 3.8) is 0 Å². The Hall–Kier alpha value is -1.31. The van der Waals surface area contributed by atoms with Gasteiger partial charge in [0.25, 0.3) is 5.91 Å². The minimum absolute atomic E-state index is 0.170. The van der Waals surface area contributed by atoms with E-state index in [1.165, 1.54) is 6.07 Å². The van der Waals surface area contributed by atoms with Gasteiger partial charge in [-0.2, -0.15) is 0 Å². The number of sulfonamides is 1. The summed E-state index contributed by atoms with van der Waals surface area (Å²) in [5.74, 6) is -0.170. The molecule has 1 aromatic carbocycles. The lowest BCUT2D eigenvalue weighted by Gasteiger charge is -2.32. The van der Waals surface area contributed by atoms with Gasteiger partial charge in [0.1, 0.15) is 0 Å². The zero-order valence-corrected chi connectivity index (χ0v) is 13.2. The topological polar surface area (TPSA) is 92.5 Å². The number of nitrogens with two attached hydrogens (primary N) is 1. The molecule has 1 aliphatic heterocycles.